The molecule has 0 aliphatic carbocycles. The summed E-state index contributed by atoms with van der Waals surface area (Å²) in [6, 6.07) is 6.96. The Labute approximate surface area is 137 Å². The highest BCUT2D eigenvalue weighted by Gasteiger charge is 2.23. The molecule has 0 bridgehead atoms. The number of ether oxygens (including phenoxy) is 2. The van der Waals surface area contributed by atoms with Gasteiger partial charge in [0.2, 0.25) is 0 Å². The average Bonchev–Trinajstić information content (AvgIpc) is 2.50. The predicted octanol–water partition coefficient (Wildman–Crippen LogP) is 2.42. The number of carboxylic acid groups (broad SMARTS) is 1. The zero-order valence-corrected chi connectivity index (χ0v) is 14.1. The van der Waals surface area contributed by atoms with Crippen molar-refractivity contribution in [3.63, 3.8) is 0 Å². The molecule has 0 spiro atoms. The fourth-order valence-corrected chi connectivity index (χ4v) is 2.13. The molecule has 1 unspecified atom stereocenters. The number of rotatable bonds is 9. The van der Waals surface area contributed by atoms with Crippen LogP contribution >= 0.6 is 0 Å². The molecule has 0 aliphatic rings. The van der Waals surface area contributed by atoms with E-state index >= 15 is 0 Å². The van der Waals surface area contributed by atoms with Crippen molar-refractivity contribution in [1.29, 1.82) is 0 Å². The number of methoxy groups -OCH3 is 1. The molecule has 0 heterocycles. The Bertz CT molecular complexity index is 512. The molecule has 0 fully saturated rings. The largest absolute Gasteiger partial charge is 0.497 e. The molecular weight excluding hydrogens is 298 g/mol. The van der Waals surface area contributed by atoms with Crippen LogP contribution in [0.15, 0.2) is 24.3 Å². The van der Waals surface area contributed by atoms with Crippen molar-refractivity contribution < 1.29 is 24.2 Å². The van der Waals surface area contributed by atoms with Crippen molar-refractivity contribution in [2.45, 2.75) is 33.3 Å². The van der Waals surface area contributed by atoms with E-state index in [2.05, 4.69) is 0 Å². The standard InChI is InChI=1S/C17H25NO5/c1-12(2)11-18(10-9-16(19)20)17(21)13(3)23-15-7-5-14(22-4)6-8-15/h5-8,12-13H,9-11H2,1-4H3,(H,19,20). The van der Waals surface area contributed by atoms with Gasteiger partial charge in [-0.15, -0.1) is 0 Å². The molecule has 6 heteroatoms. The number of aliphatic carboxylic acids is 1. The maximum atomic E-state index is 12.5. The second-order valence-electron chi connectivity index (χ2n) is 5.76. The number of carbonyl (C=O) groups excluding carboxylic acids is 1. The Morgan fingerprint density at radius 1 is 1.13 bits per heavy atom. The highest BCUT2D eigenvalue weighted by molar-refractivity contribution is 5.81. The molecule has 6 nitrogen and oxygen atoms in total. The summed E-state index contributed by atoms with van der Waals surface area (Å²) in [7, 11) is 1.58. The van der Waals surface area contributed by atoms with Gasteiger partial charge < -0.3 is 19.5 Å². The maximum absolute atomic E-state index is 12.5. The van der Waals surface area contributed by atoms with Gasteiger partial charge in [0.15, 0.2) is 6.10 Å². The third-order valence-corrected chi connectivity index (χ3v) is 3.21. The SMILES string of the molecule is COc1ccc(OC(C)C(=O)N(CCC(=O)O)CC(C)C)cc1. The normalized spacial score (nSPS) is 11.9. The van der Waals surface area contributed by atoms with E-state index in [1.54, 1.807) is 43.2 Å². The summed E-state index contributed by atoms with van der Waals surface area (Å²) in [5.74, 6) is 0.389. The van der Waals surface area contributed by atoms with Crippen molar-refractivity contribution in [1.82, 2.24) is 4.90 Å². The van der Waals surface area contributed by atoms with Gasteiger partial charge in [-0.1, -0.05) is 13.8 Å². The third-order valence-electron chi connectivity index (χ3n) is 3.21. The summed E-state index contributed by atoms with van der Waals surface area (Å²) >= 11 is 0. The second kappa shape index (κ2) is 9.02. The molecule has 23 heavy (non-hydrogen) atoms. The van der Waals surface area contributed by atoms with Crippen molar-refractivity contribution in [3.8, 4) is 11.5 Å². The molecule has 1 aromatic rings. The van der Waals surface area contributed by atoms with Gasteiger partial charge >= 0.3 is 5.97 Å². The topological polar surface area (TPSA) is 76.1 Å². The van der Waals surface area contributed by atoms with E-state index in [0.29, 0.717) is 18.0 Å². The maximum Gasteiger partial charge on any atom is 0.305 e. The summed E-state index contributed by atoms with van der Waals surface area (Å²) in [4.78, 5) is 24.8. The number of benzene rings is 1. The Balaban J connectivity index is 2.69. The van der Waals surface area contributed by atoms with E-state index in [1.165, 1.54) is 0 Å². The number of nitrogens with zero attached hydrogens (tertiary/aromatic N) is 1. The molecule has 1 aromatic carbocycles. The highest BCUT2D eigenvalue weighted by atomic mass is 16.5. The first-order valence-electron chi connectivity index (χ1n) is 7.64. The third kappa shape index (κ3) is 6.59. The molecule has 1 rings (SSSR count). The van der Waals surface area contributed by atoms with Gasteiger partial charge in [-0.25, -0.2) is 0 Å². The van der Waals surface area contributed by atoms with Gasteiger partial charge in [-0.05, 0) is 37.1 Å². The van der Waals surface area contributed by atoms with Gasteiger partial charge in [0.25, 0.3) is 5.91 Å². The van der Waals surface area contributed by atoms with E-state index in [0.717, 1.165) is 0 Å². The van der Waals surface area contributed by atoms with E-state index in [4.69, 9.17) is 14.6 Å². The lowest BCUT2D eigenvalue weighted by atomic mass is 10.2. The van der Waals surface area contributed by atoms with Crippen molar-refractivity contribution in [2.24, 2.45) is 5.92 Å². The first kappa shape index (κ1) is 18.8. The molecule has 1 amide bonds. The van der Waals surface area contributed by atoms with Crippen LogP contribution in [-0.2, 0) is 9.59 Å². The van der Waals surface area contributed by atoms with Crippen LogP contribution in [0.2, 0.25) is 0 Å². The van der Waals surface area contributed by atoms with Crippen molar-refractivity contribution >= 4 is 11.9 Å². The van der Waals surface area contributed by atoms with E-state index in [-0.39, 0.29) is 24.8 Å². The lowest BCUT2D eigenvalue weighted by Gasteiger charge is -2.27. The summed E-state index contributed by atoms with van der Waals surface area (Å²) < 4.78 is 10.7. The molecular formula is C17H25NO5. The van der Waals surface area contributed by atoms with Crippen molar-refractivity contribution in [3.05, 3.63) is 24.3 Å². The number of carbonyl (C=O) groups is 2. The lowest BCUT2D eigenvalue weighted by Crippen LogP contribution is -2.43. The minimum atomic E-state index is -0.921. The molecule has 1 N–H and O–H groups in total. The Hall–Kier alpha value is -2.24. The smallest absolute Gasteiger partial charge is 0.305 e. The van der Waals surface area contributed by atoms with Crippen LogP contribution in [-0.4, -0.2) is 48.2 Å². The Morgan fingerprint density at radius 2 is 1.70 bits per heavy atom. The summed E-state index contributed by atoms with van der Waals surface area (Å²) in [5.41, 5.74) is 0. The fourth-order valence-electron chi connectivity index (χ4n) is 2.13. The molecule has 0 radical (unpaired) electrons. The van der Waals surface area contributed by atoms with Crippen LogP contribution < -0.4 is 9.47 Å². The van der Waals surface area contributed by atoms with Crippen LogP contribution in [0.25, 0.3) is 0 Å². The molecule has 1 atom stereocenters. The minimum absolute atomic E-state index is 0.0757. The van der Waals surface area contributed by atoms with Crippen LogP contribution in [0, 0.1) is 5.92 Å². The zero-order valence-electron chi connectivity index (χ0n) is 14.1. The molecule has 128 valence electrons. The number of carboxylic acids is 1. The van der Waals surface area contributed by atoms with Gasteiger partial charge in [-0.2, -0.15) is 0 Å². The monoisotopic (exact) mass is 323 g/mol. The quantitative estimate of drug-likeness (QED) is 0.755. The first-order valence-corrected chi connectivity index (χ1v) is 7.64. The zero-order chi connectivity index (χ0) is 17.4. The van der Waals surface area contributed by atoms with Gasteiger partial charge in [0.05, 0.1) is 13.5 Å². The predicted molar refractivity (Wildman–Crippen MR) is 86.8 cm³/mol. The van der Waals surface area contributed by atoms with Crippen molar-refractivity contribution in [2.75, 3.05) is 20.2 Å². The summed E-state index contributed by atoms with van der Waals surface area (Å²) in [5, 5.41) is 8.82. The summed E-state index contributed by atoms with van der Waals surface area (Å²) in [6.45, 7) is 6.32. The fraction of sp³-hybridized carbons (Fsp3) is 0.529. The number of hydrogen-bond donors (Lipinski definition) is 1. The molecule has 0 aromatic heterocycles. The van der Waals surface area contributed by atoms with Gasteiger partial charge in [-0.3, -0.25) is 9.59 Å². The van der Waals surface area contributed by atoms with Crippen LogP contribution in [0.4, 0.5) is 0 Å². The number of hydrogen-bond acceptors (Lipinski definition) is 4. The van der Waals surface area contributed by atoms with Crippen LogP contribution in [0.5, 0.6) is 11.5 Å². The van der Waals surface area contributed by atoms with E-state index in [9.17, 15) is 9.59 Å². The number of amides is 1. The lowest BCUT2D eigenvalue weighted by molar-refractivity contribution is -0.141. The Morgan fingerprint density at radius 3 is 2.17 bits per heavy atom. The van der Waals surface area contributed by atoms with Gasteiger partial charge in [0.1, 0.15) is 11.5 Å². The highest BCUT2D eigenvalue weighted by Crippen LogP contribution is 2.19. The average molecular weight is 323 g/mol. The Kier molecular flexibility index (Phi) is 7.38. The van der Waals surface area contributed by atoms with E-state index < -0.39 is 12.1 Å². The minimum Gasteiger partial charge on any atom is -0.497 e. The first-order chi connectivity index (χ1) is 10.8. The molecule has 0 saturated carbocycles. The van der Waals surface area contributed by atoms with Gasteiger partial charge in [0, 0.05) is 13.1 Å². The summed E-state index contributed by atoms with van der Waals surface area (Å²) in [6.07, 6.45) is -0.760. The molecule has 0 aliphatic heterocycles. The van der Waals surface area contributed by atoms with E-state index in [1.807, 2.05) is 13.8 Å². The van der Waals surface area contributed by atoms with Crippen LogP contribution in [0.1, 0.15) is 27.2 Å². The van der Waals surface area contributed by atoms with Crippen LogP contribution in [0.3, 0.4) is 0 Å². The molecule has 0 saturated heterocycles. The second-order valence-corrected chi connectivity index (χ2v) is 5.76.